The monoisotopic (exact) mass is 158 g/mol. The fraction of sp³-hybridized carbons (Fsp3) is 0.875. The molecule has 1 aliphatic heterocycles. The molecule has 11 heavy (non-hydrogen) atoms. The Hall–Kier alpha value is -0.730. The first-order chi connectivity index (χ1) is 5.26. The molecule has 0 amide bonds. The normalized spacial score (nSPS) is 30.9. The molecule has 0 N–H and O–H groups in total. The third-order valence-corrected chi connectivity index (χ3v) is 1.96. The highest BCUT2D eigenvalue weighted by molar-refractivity contribution is 5.61. The highest BCUT2D eigenvalue weighted by Gasteiger charge is 2.27. The van der Waals surface area contributed by atoms with Crippen LogP contribution in [0.15, 0.2) is 0 Å². The number of hydrogen-bond donors (Lipinski definition) is 0. The van der Waals surface area contributed by atoms with Gasteiger partial charge in [-0.3, -0.25) is 0 Å². The Morgan fingerprint density at radius 1 is 1.27 bits per heavy atom. The predicted octanol–water partition coefficient (Wildman–Crippen LogP) is 2.10. The summed E-state index contributed by atoms with van der Waals surface area (Å²) in [6.07, 6.45) is 2.24. The zero-order valence-electron chi connectivity index (χ0n) is 7.00. The number of carbonyl (C=O) groups is 1. The zero-order chi connectivity index (χ0) is 8.27. The average Bonchev–Trinajstić information content (AvgIpc) is 2.03. The highest BCUT2D eigenvalue weighted by Crippen LogP contribution is 2.19. The minimum Gasteiger partial charge on any atom is -0.431 e. The van der Waals surface area contributed by atoms with Gasteiger partial charge < -0.3 is 9.47 Å². The van der Waals surface area contributed by atoms with Crippen molar-refractivity contribution >= 4 is 6.16 Å². The number of cyclic esters (lactones) is 2. The SMILES string of the molecule is CCC1CC(CC)OC(=O)O1. The Labute approximate surface area is 66.7 Å². The maximum absolute atomic E-state index is 10.8. The molecule has 1 fully saturated rings. The summed E-state index contributed by atoms with van der Waals surface area (Å²) in [6, 6.07) is 0. The summed E-state index contributed by atoms with van der Waals surface area (Å²) in [5.74, 6) is 0. The summed E-state index contributed by atoms with van der Waals surface area (Å²) in [6.45, 7) is 4.02. The van der Waals surface area contributed by atoms with Crippen molar-refractivity contribution in [1.82, 2.24) is 0 Å². The van der Waals surface area contributed by atoms with Gasteiger partial charge in [-0.1, -0.05) is 13.8 Å². The Morgan fingerprint density at radius 3 is 2.09 bits per heavy atom. The van der Waals surface area contributed by atoms with E-state index in [-0.39, 0.29) is 12.2 Å². The first-order valence-electron chi connectivity index (χ1n) is 4.13. The van der Waals surface area contributed by atoms with Crippen LogP contribution < -0.4 is 0 Å². The van der Waals surface area contributed by atoms with Crippen molar-refractivity contribution in [2.45, 2.75) is 45.3 Å². The van der Waals surface area contributed by atoms with Crippen molar-refractivity contribution < 1.29 is 14.3 Å². The first kappa shape index (κ1) is 8.37. The minimum atomic E-state index is -0.505. The average molecular weight is 158 g/mol. The molecule has 2 unspecified atom stereocenters. The molecule has 1 saturated heterocycles. The van der Waals surface area contributed by atoms with E-state index in [1.54, 1.807) is 0 Å². The van der Waals surface area contributed by atoms with Crippen molar-refractivity contribution in [2.24, 2.45) is 0 Å². The highest BCUT2D eigenvalue weighted by atomic mass is 16.7. The van der Waals surface area contributed by atoms with Crippen LogP contribution in [0.5, 0.6) is 0 Å². The van der Waals surface area contributed by atoms with E-state index in [1.807, 2.05) is 13.8 Å². The Kier molecular flexibility index (Phi) is 2.74. The predicted molar refractivity (Wildman–Crippen MR) is 40.3 cm³/mol. The number of carbonyl (C=O) groups excluding carboxylic acids is 1. The number of ether oxygens (including phenoxy) is 2. The standard InChI is InChI=1S/C8H14O3/c1-3-6-5-7(4-2)11-8(9)10-6/h6-7H,3-5H2,1-2H3. The van der Waals surface area contributed by atoms with Gasteiger partial charge in [0.15, 0.2) is 0 Å². The van der Waals surface area contributed by atoms with E-state index in [1.165, 1.54) is 0 Å². The fourth-order valence-corrected chi connectivity index (χ4v) is 1.19. The van der Waals surface area contributed by atoms with Crippen LogP contribution in [-0.2, 0) is 9.47 Å². The van der Waals surface area contributed by atoms with Crippen molar-refractivity contribution in [3.05, 3.63) is 0 Å². The largest absolute Gasteiger partial charge is 0.508 e. The molecular weight excluding hydrogens is 144 g/mol. The van der Waals surface area contributed by atoms with Gasteiger partial charge in [0.1, 0.15) is 12.2 Å². The van der Waals surface area contributed by atoms with Gasteiger partial charge in [-0.25, -0.2) is 4.79 Å². The molecule has 1 aliphatic rings. The zero-order valence-corrected chi connectivity index (χ0v) is 7.00. The molecule has 0 aliphatic carbocycles. The molecule has 0 saturated carbocycles. The molecule has 64 valence electrons. The van der Waals surface area contributed by atoms with E-state index in [4.69, 9.17) is 9.47 Å². The van der Waals surface area contributed by atoms with Crippen molar-refractivity contribution in [3.63, 3.8) is 0 Å². The number of hydrogen-bond acceptors (Lipinski definition) is 3. The fourth-order valence-electron chi connectivity index (χ4n) is 1.19. The lowest BCUT2D eigenvalue weighted by Gasteiger charge is -2.27. The van der Waals surface area contributed by atoms with Gasteiger partial charge in [0.05, 0.1) is 0 Å². The van der Waals surface area contributed by atoms with Gasteiger partial charge >= 0.3 is 6.16 Å². The number of rotatable bonds is 2. The Morgan fingerprint density at radius 2 is 1.73 bits per heavy atom. The van der Waals surface area contributed by atoms with E-state index in [0.29, 0.717) is 0 Å². The van der Waals surface area contributed by atoms with Crippen LogP contribution in [0.3, 0.4) is 0 Å². The Bertz CT molecular complexity index is 130. The van der Waals surface area contributed by atoms with Crippen molar-refractivity contribution in [2.75, 3.05) is 0 Å². The van der Waals surface area contributed by atoms with Crippen molar-refractivity contribution in [1.29, 1.82) is 0 Å². The second kappa shape index (κ2) is 3.60. The van der Waals surface area contributed by atoms with Crippen LogP contribution >= 0.6 is 0 Å². The van der Waals surface area contributed by atoms with Crippen LogP contribution in [-0.4, -0.2) is 18.4 Å². The molecule has 0 radical (unpaired) electrons. The molecule has 3 nitrogen and oxygen atoms in total. The molecule has 2 atom stereocenters. The summed E-state index contributed by atoms with van der Waals surface area (Å²) in [4.78, 5) is 10.8. The topological polar surface area (TPSA) is 35.5 Å². The molecular formula is C8H14O3. The molecule has 0 aromatic rings. The third kappa shape index (κ3) is 2.10. The van der Waals surface area contributed by atoms with Crippen LogP contribution in [0.25, 0.3) is 0 Å². The second-order valence-corrected chi connectivity index (χ2v) is 2.78. The van der Waals surface area contributed by atoms with Gasteiger partial charge in [0.2, 0.25) is 0 Å². The van der Waals surface area contributed by atoms with Gasteiger partial charge in [0.25, 0.3) is 0 Å². The molecule has 0 spiro atoms. The van der Waals surface area contributed by atoms with E-state index in [9.17, 15) is 4.79 Å². The summed E-state index contributed by atoms with van der Waals surface area (Å²) < 4.78 is 9.81. The lowest BCUT2D eigenvalue weighted by atomic mass is 10.1. The maximum Gasteiger partial charge on any atom is 0.508 e. The van der Waals surface area contributed by atoms with Gasteiger partial charge in [0, 0.05) is 6.42 Å². The lowest BCUT2D eigenvalue weighted by molar-refractivity contribution is -0.0612. The minimum absolute atomic E-state index is 0.0706. The van der Waals surface area contributed by atoms with Gasteiger partial charge in [-0.15, -0.1) is 0 Å². The van der Waals surface area contributed by atoms with E-state index in [2.05, 4.69) is 0 Å². The molecule has 1 rings (SSSR count). The molecule has 0 aromatic carbocycles. The van der Waals surface area contributed by atoms with Gasteiger partial charge in [-0.05, 0) is 12.8 Å². The smallest absolute Gasteiger partial charge is 0.431 e. The van der Waals surface area contributed by atoms with Crippen LogP contribution in [0.4, 0.5) is 4.79 Å². The van der Waals surface area contributed by atoms with E-state index >= 15 is 0 Å². The summed E-state index contributed by atoms with van der Waals surface area (Å²) in [7, 11) is 0. The maximum atomic E-state index is 10.8. The van der Waals surface area contributed by atoms with E-state index in [0.717, 1.165) is 19.3 Å². The quantitative estimate of drug-likeness (QED) is 0.577. The second-order valence-electron chi connectivity index (χ2n) is 2.78. The molecule has 1 heterocycles. The molecule has 3 heteroatoms. The van der Waals surface area contributed by atoms with Crippen molar-refractivity contribution in [3.8, 4) is 0 Å². The lowest BCUT2D eigenvalue weighted by Crippen LogP contribution is -2.33. The van der Waals surface area contributed by atoms with Crippen LogP contribution in [0.2, 0.25) is 0 Å². The molecule has 0 bridgehead atoms. The van der Waals surface area contributed by atoms with E-state index < -0.39 is 6.16 Å². The summed E-state index contributed by atoms with van der Waals surface area (Å²) in [5.41, 5.74) is 0. The van der Waals surface area contributed by atoms with Gasteiger partial charge in [-0.2, -0.15) is 0 Å². The van der Waals surface area contributed by atoms with Crippen LogP contribution in [0.1, 0.15) is 33.1 Å². The van der Waals surface area contributed by atoms with Crippen LogP contribution in [0, 0.1) is 0 Å². The Balaban J connectivity index is 2.43. The summed E-state index contributed by atoms with van der Waals surface area (Å²) >= 11 is 0. The summed E-state index contributed by atoms with van der Waals surface area (Å²) in [5, 5.41) is 0. The molecule has 0 aromatic heterocycles. The first-order valence-corrected chi connectivity index (χ1v) is 4.13. The third-order valence-electron chi connectivity index (χ3n) is 1.96.